The van der Waals surface area contributed by atoms with Gasteiger partial charge in [0.15, 0.2) is 5.06 Å². The minimum Gasteiger partial charge on any atom is -0.487 e. The molecule has 0 unspecified atom stereocenters. The number of carbonyl (C=O) groups excluding carboxylic acids is 1. The number of nitrogens with one attached hydrogen (secondary N) is 2. The molecule has 0 aliphatic rings. The van der Waals surface area contributed by atoms with Crippen LogP contribution < -0.4 is 15.4 Å². The van der Waals surface area contributed by atoms with E-state index in [1.165, 1.54) is 0 Å². The Morgan fingerprint density at radius 1 is 1.62 bits per heavy atom. The second kappa shape index (κ2) is 7.03. The summed E-state index contributed by atoms with van der Waals surface area (Å²) in [5.74, 6) is -0.0246. The monoisotopic (exact) mass is 240 g/mol. The van der Waals surface area contributed by atoms with Gasteiger partial charge in [-0.05, 0) is 12.1 Å². The van der Waals surface area contributed by atoms with Crippen molar-refractivity contribution in [3.63, 3.8) is 0 Å². The van der Waals surface area contributed by atoms with E-state index in [4.69, 9.17) is 4.74 Å². The van der Waals surface area contributed by atoms with Crippen molar-refractivity contribution >= 4 is 17.2 Å². The number of rotatable bonds is 7. The fraction of sp³-hybridized carbons (Fsp3) is 0.364. The predicted octanol–water partition coefficient (Wildman–Crippen LogP) is 1.15. The smallest absolute Gasteiger partial charge is 0.234 e. The number of hydrogen-bond acceptors (Lipinski definition) is 4. The predicted molar refractivity (Wildman–Crippen MR) is 65.8 cm³/mol. The molecule has 1 rings (SSSR count). The molecule has 0 aliphatic carbocycles. The lowest BCUT2D eigenvalue weighted by atomic mass is 10.4. The van der Waals surface area contributed by atoms with E-state index in [1.807, 2.05) is 12.1 Å². The molecule has 0 atom stereocenters. The van der Waals surface area contributed by atoms with Crippen LogP contribution in [0.2, 0.25) is 0 Å². The van der Waals surface area contributed by atoms with Gasteiger partial charge in [-0.25, -0.2) is 0 Å². The third kappa shape index (κ3) is 4.46. The molecule has 88 valence electrons. The summed E-state index contributed by atoms with van der Waals surface area (Å²) in [5, 5.41) is 6.63. The molecule has 1 aromatic rings. The highest BCUT2D eigenvalue weighted by molar-refractivity contribution is 7.13. The van der Waals surface area contributed by atoms with Crippen LogP contribution in [0.15, 0.2) is 24.8 Å². The zero-order valence-electron chi connectivity index (χ0n) is 9.29. The van der Waals surface area contributed by atoms with Crippen molar-refractivity contribution in [3.05, 3.63) is 29.7 Å². The van der Waals surface area contributed by atoms with Gasteiger partial charge in [-0.3, -0.25) is 4.79 Å². The van der Waals surface area contributed by atoms with E-state index in [9.17, 15) is 4.79 Å². The minimum absolute atomic E-state index is 0.0246. The van der Waals surface area contributed by atoms with Gasteiger partial charge in [-0.15, -0.1) is 17.9 Å². The molecule has 2 N–H and O–H groups in total. The fourth-order valence-corrected chi connectivity index (χ4v) is 1.90. The van der Waals surface area contributed by atoms with Gasteiger partial charge in [0.1, 0.15) is 0 Å². The van der Waals surface area contributed by atoms with E-state index in [0.717, 1.165) is 9.94 Å². The molecule has 0 radical (unpaired) electrons. The summed E-state index contributed by atoms with van der Waals surface area (Å²) >= 11 is 1.57. The lowest BCUT2D eigenvalue weighted by Gasteiger charge is -2.03. The number of thiophene rings is 1. The average Bonchev–Trinajstić information content (AvgIpc) is 2.74. The summed E-state index contributed by atoms with van der Waals surface area (Å²) in [4.78, 5) is 12.4. The van der Waals surface area contributed by atoms with Gasteiger partial charge in [0.2, 0.25) is 5.91 Å². The molecular weight excluding hydrogens is 224 g/mol. The van der Waals surface area contributed by atoms with E-state index in [2.05, 4.69) is 17.2 Å². The molecule has 1 heterocycles. The van der Waals surface area contributed by atoms with Crippen LogP contribution >= 0.6 is 11.3 Å². The number of carbonyl (C=O) groups is 1. The highest BCUT2D eigenvalue weighted by Gasteiger charge is 2.01. The first kappa shape index (κ1) is 12.7. The molecule has 0 spiro atoms. The largest absolute Gasteiger partial charge is 0.487 e. The first-order valence-electron chi connectivity index (χ1n) is 4.97. The van der Waals surface area contributed by atoms with Crippen LogP contribution in [0.1, 0.15) is 4.88 Å². The van der Waals surface area contributed by atoms with Crippen LogP contribution in [-0.2, 0) is 11.3 Å². The van der Waals surface area contributed by atoms with Crippen molar-refractivity contribution in [1.82, 2.24) is 10.6 Å². The van der Waals surface area contributed by atoms with Crippen molar-refractivity contribution in [1.29, 1.82) is 0 Å². The summed E-state index contributed by atoms with van der Waals surface area (Å²) in [5.41, 5.74) is 0. The standard InChI is InChI=1S/C11H16N2O2S/c1-3-6-13-10(14)8-12-7-9-4-5-11(15-2)16-9/h3-5,12H,1,6-8H2,2H3,(H,13,14). The molecule has 16 heavy (non-hydrogen) atoms. The maximum atomic E-state index is 11.2. The van der Waals surface area contributed by atoms with Crippen LogP contribution in [0.4, 0.5) is 0 Å². The van der Waals surface area contributed by atoms with E-state index in [0.29, 0.717) is 19.6 Å². The van der Waals surface area contributed by atoms with Gasteiger partial charge < -0.3 is 15.4 Å². The van der Waals surface area contributed by atoms with Crippen molar-refractivity contribution in [3.8, 4) is 5.06 Å². The Morgan fingerprint density at radius 2 is 2.44 bits per heavy atom. The van der Waals surface area contributed by atoms with Crippen LogP contribution in [0.25, 0.3) is 0 Å². The number of hydrogen-bond donors (Lipinski definition) is 2. The fourth-order valence-electron chi connectivity index (χ4n) is 1.11. The lowest BCUT2D eigenvalue weighted by molar-refractivity contribution is -0.120. The average molecular weight is 240 g/mol. The van der Waals surface area contributed by atoms with Crippen molar-refractivity contribution in [2.75, 3.05) is 20.2 Å². The molecule has 0 aromatic carbocycles. The maximum Gasteiger partial charge on any atom is 0.234 e. The Balaban J connectivity index is 2.19. The number of methoxy groups -OCH3 is 1. The highest BCUT2D eigenvalue weighted by Crippen LogP contribution is 2.23. The number of amides is 1. The molecular formula is C11H16N2O2S. The molecule has 1 aromatic heterocycles. The van der Waals surface area contributed by atoms with Gasteiger partial charge >= 0.3 is 0 Å². The molecule has 0 bridgehead atoms. The lowest BCUT2D eigenvalue weighted by Crippen LogP contribution is -2.33. The highest BCUT2D eigenvalue weighted by atomic mass is 32.1. The molecule has 5 heteroatoms. The summed E-state index contributed by atoms with van der Waals surface area (Å²) < 4.78 is 5.08. The van der Waals surface area contributed by atoms with Crippen molar-refractivity contribution in [2.45, 2.75) is 6.54 Å². The Morgan fingerprint density at radius 3 is 3.06 bits per heavy atom. The van der Waals surface area contributed by atoms with Gasteiger partial charge in [-0.2, -0.15) is 0 Å². The van der Waals surface area contributed by atoms with E-state index in [1.54, 1.807) is 24.5 Å². The molecule has 0 aliphatic heterocycles. The second-order valence-corrected chi connectivity index (χ2v) is 4.25. The maximum absolute atomic E-state index is 11.2. The Kier molecular flexibility index (Phi) is 5.60. The van der Waals surface area contributed by atoms with Gasteiger partial charge in [0.05, 0.1) is 13.7 Å². The molecule has 0 fully saturated rings. The van der Waals surface area contributed by atoms with Crippen LogP contribution in [-0.4, -0.2) is 26.1 Å². The zero-order chi connectivity index (χ0) is 11.8. The van der Waals surface area contributed by atoms with Gasteiger partial charge in [-0.1, -0.05) is 6.08 Å². The molecule has 1 amide bonds. The summed E-state index contributed by atoms with van der Waals surface area (Å²) in [7, 11) is 1.64. The Bertz CT molecular complexity index is 350. The summed E-state index contributed by atoms with van der Waals surface area (Å²) in [6, 6.07) is 3.90. The van der Waals surface area contributed by atoms with Gasteiger partial charge in [0.25, 0.3) is 0 Å². The third-order valence-electron chi connectivity index (χ3n) is 1.87. The Hall–Kier alpha value is -1.33. The Labute approximate surface area is 99.3 Å². The first-order valence-corrected chi connectivity index (χ1v) is 5.79. The quantitative estimate of drug-likeness (QED) is 0.703. The van der Waals surface area contributed by atoms with Gasteiger partial charge in [0, 0.05) is 18.0 Å². The first-order chi connectivity index (χ1) is 7.76. The molecule has 0 saturated heterocycles. The molecule has 0 saturated carbocycles. The normalized spacial score (nSPS) is 9.81. The van der Waals surface area contributed by atoms with Crippen molar-refractivity contribution in [2.24, 2.45) is 0 Å². The minimum atomic E-state index is -0.0246. The molecule has 4 nitrogen and oxygen atoms in total. The summed E-state index contributed by atoms with van der Waals surface area (Å²) in [6.07, 6.45) is 1.65. The number of ether oxygens (including phenoxy) is 1. The topological polar surface area (TPSA) is 50.4 Å². The zero-order valence-corrected chi connectivity index (χ0v) is 10.1. The SMILES string of the molecule is C=CCNC(=O)CNCc1ccc(OC)s1. The van der Waals surface area contributed by atoms with E-state index < -0.39 is 0 Å². The van der Waals surface area contributed by atoms with Crippen LogP contribution in [0.3, 0.4) is 0 Å². The van der Waals surface area contributed by atoms with Crippen LogP contribution in [0, 0.1) is 0 Å². The second-order valence-electron chi connectivity index (χ2n) is 3.12. The third-order valence-corrected chi connectivity index (χ3v) is 2.91. The van der Waals surface area contributed by atoms with Crippen molar-refractivity contribution < 1.29 is 9.53 Å². The van der Waals surface area contributed by atoms with E-state index >= 15 is 0 Å². The summed E-state index contributed by atoms with van der Waals surface area (Å²) in [6.45, 7) is 5.02. The van der Waals surface area contributed by atoms with E-state index in [-0.39, 0.29) is 5.91 Å². The van der Waals surface area contributed by atoms with Crippen LogP contribution in [0.5, 0.6) is 5.06 Å².